The lowest BCUT2D eigenvalue weighted by Gasteiger charge is -2.47. The third kappa shape index (κ3) is 4.25. The largest absolute Gasteiger partial charge is 0.377 e. The lowest BCUT2D eigenvalue weighted by Crippen LogP contribution is -2.63. The predicted octanol–water partition coefficient (Wildman–Crippen LogP) is 1.49. The number of Topliss-reactive ketones (excluding diaryl/α,β-unsaturated/α-hetero) is 1. The second kappa shape index (κ2) is 8.72. The van der Waals surface area contributed by atoms with Crippen molar-refractivity contribution in [2.45, 2.75) is 57.5 Å². The number of likely N-dealkylation sites (tertiary alicyclic amines) is 1. The van der Waals surface area contributed by atoms with E-state index < -0.39 is 0 Å². The molecule has 1 saturated heterocycles. The SMILES string of the molecule is CCCCN1C[C@@H](OC)[C@@H](OC)[C@@H](OC)[C@H]1CC(C)=O. The molecule has 0 N–H and O–H groups in total. The summed E-state index contributed by atoms with van der Waals surface area (Å²) >= 11 is 0. The number of piperidine rings is 1. The molecule has 0 radical (unpaired) electrons. The van der Waals surface area contributed by atoms with E-state index in [9.17, 15) is 4.79 Å². The summed E-state index contributed by atoms with van der Waals surface area (Å²) in [6, 6.07) is 0.0698. The van der Waals surface area contributed by atoms with Crippen LogP contribution in [0.5, 0.6) is 0 Å². The maximum atomic E-state index is 11.6. The molecule has 0 amide bonds. The molecular weight excluding hydrogens is 258 g/mol. The Kier molecular flexibility index (Phi) is 7.66. The summed E-state index contributed by atoms with van der Waals surface area (Å²) in [5.74, 6) is 0.185. The number of carbonyl (C=O) groups excluding carboxylic acids is 1. The van der Waals surface area contributed by atoms with Gasteiger partial charge in [-0.3, -0.25) is 9.69 Å². The molecule has 1 rings (SSSR count). The average Bonchev–Trinajstić information content (AvgIpc) is 2.44. The summed E-state index contributed by atoms with van der Waals surface area (Å²) in [4.78, 5) is 13.9. The van der Waals surface area contributed by atoms with Crippen molar-refractivity contribution in [2.24, 2.45) is 0 Å². The number of rotatable bonds is 8. The van der Waals surface area contributed by atoms with E-state index in [1.165, 1.54) is 0 Å². The van der Waals surface area contributed by atoms with Crippen molar-refractivity contribution in [3.63, 3.8) is 0 Å². The highest BCUT2D eigenvalue weighted by Gasteiger charge is 2.44. The molecule has 5 heteroatoms. The molecule has 1 aliphatic heterocycles. The molecular formula is C15H29NO4. The number of ether oxygens (including phenoxy) is 3. The van der Waals surface area contributed by atoms with Gasteiger partial charge in [0.15, 0.2) is 0 Å². The summed E-state index contributed by atoms with van der Waals surface area (Å²) in [6.07, 6.45) is 2.45. The zero-order valence-corrected chi connectivity index (χ0v) is 13.4. The first-order valence-electron chi connectivity index (χ1n) is 7.40. The second-order valence-electron chi connectivity index (χ2n) is 5.50. The first-order valence-corrected chi connectivity index (χ1v) is 7.40. The summed E-state index contributed by atoms with van der Waals surface area (Å²) < 4.78 is 16.8. The molecule has 0 bridgehead atoms. The molecule has 118 valence electrons. The van der Waals surface area contributed by atoms with Crippen molar-refractivity contribution in [1.82, 2.24) is 4.90 Å². The smallest absolute Gasteiger partial charge is 0.131 e. The monoisotopic (exact) mass is 287 g/mol. The van der Waals surface area contributed by atoms with Crippen molar-refractivity contribution < 1.29 is 19.0 Å². The van der Waals surface area contributed by atoms with E-state index in [0.29, 0.717) is 6.42 Å². The molecule has 1 fully saturated rings. The van der Waals surface area contributed by atoms with Gasteiger partial charge in [0, 0.05) is 40.3 Å². The molecule has 0 aliphatic carbocycles. The van der Waals surface area contributed by atoms with E-state index in [1.807, 2.05) is 0 Å². The van der Waals surface area contributed by atoms with Crippen LogP contribution in [0.25, 0.3) is 0 Å². The molecule has 0 saturated carbocycles. The Morgan fingerprint density at radius 2 is 1.80 bits per heavy atom. The minimum absolute atomic E-state index is 0.0231. The number of unbranched alkanes of at least 4 members (excludes halogenated alkanes) is 1. The number of nitrogens with zero attached hydrogens (tertiary/aromatic N) is 1. The van der Waals surface area contributed by atoms with Crippen molar-refractivity contribution in [2.75, 3.05) is 34.4 Å². The van der Waals surface area contributed by atoms with Crippen LogP contribution in [-0.2, 0) is 19.0 Å². The van der Waals surface area contributed by atoms with Gasteiger partial charge in [-0.2, -0.15) is 0 Å². The number of hydrogen-bond acceptors (Lipinski definition) is 5. The first kappa shape index (κ1) is 17.6. The van der Waals surface area contributed by atoms with Crippen molar-refractivity contribution in [3.8, 4) is 0 Å². The quantitative estimate of drug-likeness (QED) is 0.677. The fourth-order valence-corrected chi connectivity index (χ4v) is 3.05. The van der Waals surface area contributed by atoms with E-state index >= 15 is 0 Å². The van der Waals surface area contributed by atoms with Gasteiger partial charge in [-0.15, -0.1) is 0 Å². The maximum absolute atomic E-state index is 11.6. The van der Waals surface area contributed by atoms with Crippen LogP contribution in [0.1, 0.15) is 33.1 Å². The number of hydrogen-bond donors (Lipinski definition) is 0. The molecule has 0 unspecified atom stereocenters. The van der Waals surface area contributed by atoms with Gasteiger partial charge in [-0.1, -0.05) is 13.3 Å². The lowest BCUT2D eigenvalue weighted by molar-refractivity contribution is -0.172. The van der Waals surface area contributed by atoms with Gasteiger partial charge < -0.3 is 14.2 Å². The standard InChI is InChI=1S/C15H29NO4/c1-6-7-8-16-10-13(18-3)15(20-5)14(19-4)12(16)9-11(2)17/h12-15H,6-10H2,1-5H3/t12-,13-,14+,15-/m1/s1. The number of carbonyl (C=O) groups is 1. The van der Waals surface area contributed by atoms with Crippen LogP contribution < -0.4 is 0 Å². The average molecular weight is 287 g/mol. The molecule has 0 aromatic rings. The van der Waals surface area contributed by atoms with Gasteiger partial charge in [0.25, 0.3) is 0 Å². The van der Waals surface area contributed by atoms with Crippen LogP contribution in [0.2, 0.25) is 0 Å². The highest BCUT2D eigenvalue weighted by atomic mass is 16.6. The molecule has 0 aromatic carbocycles. The van der Waals surface area contributed by atoms with Crippen molar-refractivity contribution in [3.05, 3.63) is 0 Å². The molecule has 1 heterocycles. The van der Waals surface area contributed by atoms with E-state index in [4.69, 9.17) is 14.2 Å². The Labute approximate surface area is 122 Å². The van der Waals surface area contributed by atoms with Crippen molar-refractivity contribution >= 4 is 5.78 Å². The fourth-order valence-electron chi connectivity index (χ4n) is 3.05. The number of methoxy groups -OCH3 is 3. The van der Waals surface area contributed by atoms with Crippen LogP contribution in [-0.4, -0.2) is 69.5 Å². The normalized spacial score (nSPS) is 31.4. The third-order valence-electron chi connectivity index (χ3n) is 4.10. The van der Waals surface area contributed by atoms with E-state index in [1.54, 1.807) is 28.3 Å². The minimum Gasteiger partial charge on any atom is -0.377 e. The Hall–Kier alpha value is -0.490. The Balaban J connectivity index is 2.92. The van der Waals surface area contributed by atoms with Crippen LogP contribution >= 0.6 is 0 Å². The van der Waals surface area contributed by atoms with Crippen LogP contribution in [0, 0.1) is 0 Å². The highest BCUT2D eigenvalue weighted by Crippen LogP contribution is 2.27. The highest BCUT2D eigenvalue weighted by molar-refractivity contribution is 5.76. The molecule has 20 heavy (non-hydrogen) atoms. The van der Waals surface area contributed by atoms with Crippen LogP contribution in [0.3, 0.4) is 0 Å². The van der Waals surface area contributed by atoms with Gasteiger partial charge in [0.05, 0.1) is 6.10 Å². The Morgan fingerprint density at radius 1 is 1.15 bits per heavy atom. The third-order valence-corrected chi connectivity index (χ3v) is 4.10. The summed E-state index contributed by atoms with van der Waals surface area (Å²) in [5.41, 5.74) is 0. The van der Waals surface area contributed by atoms with E-state index in [2.05, 4.69) is 11.8 Å². The number of ketones is 1. The Bertz CT molecular complexity index is 298. The second-order valence-corrected chi connectivity index (χ2v) is 5.50. The predicted molar refractivity (Wildman–Crippen MR) is 78.0 cm³/mol. The molecule has 0 spiro atoms. The van der Waals surface area contributed by atoms with Gasteiger partial charge in [0.2, 0.25) is 0 Å². The molecule has 1 aliphatic rings. The van der Waals surface area contributed by atoms with E-state index in [-0.39, 0.29) is 30.1 Å². The molecule has 5 nitrogen and oxygen atoms in total. The topological polar surface area (TPSA) is 48.0 Å². The zero-order chi connectivity index (χ0) is 15.1. The minimum atomic E-state index is -0.139. The summed E-state index contributed by atoms with van der Waals surface area (Å²) in [7, 11) is 5.06. The van der Waals surface area contributed by atoms with Gasteiger partial charge in [0.1, 0.15) is 18.0 Å². The lowest BCUT2D eigenvalue weighted by atomic mass is 9.90. The maximum Gasteiger partial charge on any atom is 0.131 e. The fraction of sp³-hybridized carbons (Fsp3) is 0.933. The van der Waals surface area contributed by atoms with Crippen LogP contribution in [0.15, 0.2) is 0 Å². The van der Waals surface area contributed by atoms with Gasteiger partial charge in [-0.25, -0.2) is 0 Å². The summed E-state index contributed by atoms with van der Waals surface area (Å²) in [6.45, 7) is 5.55. The molecule has 4 atom stereocenters. The van der Waals surface area contributed by atoms with Gasteiger partial charge >= 0.3 is 0 Å². The van der Waals surface area contributed by atoms with E-state index in [0.717, 1.165) is 25.9 Å². The first-order chi connectivity index (χ1) is 9.58. The Morgan fingerprint density at radius 3 is 2.25 bits per heavy atom. The zero-order valence-electron chi connectivity index (χ0n) is 13.4. The molecule has 0 aromatic heterocycles. The van der Waals surface area contributed by atoms with Crippen LogP contribution in [0.4, 0.5) is 0 Å². The summed E-state index contributed by atoms with van der Waals surface area (Å²) in [5, 5.41) is 0. The van der Waals surface area contributed by atoms with Gasteiger partial charge in [-0.05, 0) is 19.9 Å². The van der Waals surface area contributed by atoms with Crippen molar-refractivity contribution in [1.29, 1.82) is 0 Å².